The summed E-state index contributed by atoms with van der Waals surface area (Å²) in [6.45, 7) is 3.31. The average molecular weight is 432 g/mol. The minimum atomic E-state index is -0.386. The van der Waals surface area contributed by atoms with Gasteiger partial charge in [-0.05, 0) is 37.5 Å². The van der Waals surface area contributed by atoms with Crippen molar-refractivity contribution in [2.75, 3.05) is 31.5 Å². The number of amides is 3. The average Bonchev–Trinajstić information content (AvgIpc) is 3.24. The van der Waals surface area contributed by atoms with Crippen molar-refractivity contribution in [2.45, 2.75) is 44.9 Å². The second-order valence-corrected chi connectivity index (χ2v) is 8.96. The molecule has 9 heteroatoms. The van der Waals surface area contributed by atoms with Crippen LogP contribution in [0.25, 0.3) is 0 Å². The van der Waals surface area contributed by atoms with Crippen molar-refractivity contribution in [1.82, 2.24) is 20.0 Å². The van der Waals surface area contributed by atoms with Crippen molar-refractivity contribution < 1.29 is 14.0 Å². The number of hydrogen-bond donors (Lipinski definition) is 1. The van der Waals surface area contributed by atoms with Gasteiger partial charge >= 0.3 is 6.03 Å². The third-order valence-electron chi connectivity index (χ3n) is 5.88. The van der Waals surface area contributed by atoms with E-state index in [1.807, 2.05) is 0 Å². The Bertz CT molecular complexity index is 920. The molecular weight excluding hydrogens is 405 g/mol. The quantitative estimate of drug-likeness (QED) is 0.796. The second-order valence-electron chi connectivity index (χ2n) is 7.95. The number of carbonyl (C=O) groups excluding carboxylic acids is 2. The molecule has 2 aromatic rings. The number of hydrogen-bond acceptors (Lipinski definition) is 5. The molecule has 0 unspecified atom stereocenters. The summed E-state index contributed by atoms with van der Waals surface area (Å²) in [5.74, 6) is -0.137. The third kappa shape index (κ3) is 4.61. The number of aromatic nitrogens is 2. The van der Waals surface area contributed by atoms with Crippen LogP contribution in [0.3, 0.4) is 0 Å². The minimum absolute atomic E-state index is 0.213. The summed E-state index contributed by atoms with van der Waals surface area (Å²) in [4.78, 5) is 28.5. The molecule has 1 saturated heterocycles. The van der Waals surface area contributed by atoms with E-state index in [1.165, 1.54) is 36.7 Å². The summed E-state index contributed by atoms with van der Waals surface area (Å²) in [6.07, 6.45) is 6.02. The molecule has 1 aromatic carbocycles. The van der Waals surface area contributed by atoms with E-state index in [-0.39, 0.29) is 17.8 Å². The third-order valence-corrected chi connectivity index (χ3v) is 6.88. The lowest BCUT2D eigenvalue weighted by Gasteiger charge is -2.34. The molecule has 1 aliphatic heterocycles. The number of nitrogens with zero attached hydrogens (tertiary/aromatic N) is 4. The molecule has 7 nitrogen and oxygen atoms in total. The van der Waals surface area contributed by atoms with Crippen LogP contribution in [0, 0.1) is 12.7 Å². The zero-order valence-electron chi connectivity index (χ0n) is 17.1. The lowest BCUT2D eigenvalue weighted by atomic mass is 9.90. The molecule has 0 bridgehead atoms. The summed E-state index contributed by atoms with van der Waals surface area (Å²) in [5.41, 5.74) is 0.844. The molecule has 2 heterocycles. The number of nitrogens with one attached hydrogen (secondary N) is 1. The first-order chi connectivity index (χ1) is 14.5. The van der Waals surface area contributed by atoms with E-state index in [1.54, 1.807) is 28.9 Å². The molecule has 2 fully saturated rings. The first-order valence-corrected chi connectivity index (χ1v) is 11.3. The highest BCUT2D eigenvalue weighted by Crippen LogP contribution is 2.35. The Morgan fingerprint density at radius 3 is 2.47 bits per heavy atom. The molecule has 4 rings (SSSR count). The number of rotatable bonds is 3. The summed E-state index contributed by atoms with van der Waals surface area (Å²) >= 11 is 1.46. The second kappa shape index (κ2) is 9.07. The lowest BCUT2D eigenvalue weighted by Crippen LogP contribution is -2.51. The highest BCUT2D eigenvalue weighted by molar-refractivity contribution is 7.15. The maximum Gasteiger partial charge on any atom is 0.323 e. The molecule has 0 radical (unpaired) electrons. The van der Waals surface area contributed by atoms with Gasteiger partial charge in [-0.15, -0.1) is 10.2 Å². The molecule has 0 spiro atoms. The van der Waals surface area contributed by atoms with Crippen LogP contribution in [0.4, 0.5) is 14.3 Å². The Kier molecular flexibility index (Phi) is 6.26. The van der Waals surface area contributed by atoms with Gasteiger partial charge in [-0.25, -0.2) is 9.18 Å². The van der Waals surface area contributed by atoms with Gasteiger partial charge in [0.1, 0.15) is 10.8 Å². The highest BCUT2D eigenvalue weighted by Gasteiger charge is 2.26. The fourth-order valence-corrected chi connectivity index (χ4v) is 4.89. The molecule has 1 N–H and O–H groups in total. The standard InChI is InChI=1S/C21H26FN5O2S/c1-14-7-8-16(13-17(14)22)19(28)26-9-11-27(12-10-26)21(29)23-20-25-24-18(30-20)15-5-3-2-4-6-15/h7-8,13,15H,2-6,9-12H2,1H3,(H,23,25,29). The van der Waals surface area contributed by atoms with Gasteiger partial charge in [-0.2, -0.15) is 0 Å². The van der Waals surface area contributed by atoms with Crippen molar-refractivity contribution in [2.24, 2.45) is 0 Å². The smallest absolute Gasteiger partial charge is 0.323 e. The zero-order valence-corrected chi connectivity index (χ0v) is 17.9. The highest BCUT2D eigenvalue weighted by atomic mass is 32.1. The van der Waals surface area contributed by atoms with Crippen LogP contribution in [0.5, 0.6) is 0 Å². The number of anilines is 1. The molecule has 30 heavy (non-hydrogen) atoms. The van der Waals surface area contributed by atoms with Crippen LogP contribution < -0.4 is 5.32 Å². The van der Waals surface area contributed by atoms with Gasteiger partial charge < -0.3 is 9.80 Å². The van der Waals surface area contributed by atoms with Crippen molar-refractivity contribution in [1.29, 1.82) is 0 Å². The van der Waals surface area contributed by atoms with Crippen LogP contribution in [-0.2, 0) is 0 Å². The van der Waals surface area contributed by atoms with Gasteiger partial charge in [0, 0.05) is 37.7 Å². The van der Waals surface area contributed by atoms with Crippen LogP contribution in [0.1, 0.15) is 59.0 Å². The molecule has 0 atom stereocenters. The summed E-state index contributed by atoms with van der Waals surface area (Å²) in [6, 6.07) is 4.29. The molecular formula is C21H26FN5O2S. The van der Waals surface area contributed by atoms with Gasteiger partial charge in [-0.1, -0.05) is 36.7 Å². The monoisotopic (exact) mass is 431 g/mol. The Labute approximate surface area is 179 Å². The molecule has 2 aliphatic rings. The number of halogens is 1. The van der Waals surface area contributed by atoms with Crippen molar-refractivity contribution >= 4 is 28.4 Å². The van der Waals surface area contributed by atoms with E-state index in [4.69, 9.17) is 0 Å². The van der Waals surface area contributed by atoms with Gasteiger partial charge in [0.05, 0.1) is 0 Å². The molecule has 160 valence electrons. The molecule has 1 aliphatic carbocycles. The SMILES string of the molecule is Cc1ccc(C(=O)N2CCN(C(=O)Nc3nnc(C4CCCCC4)s3)CC2)cc1F. The largest absolute Gasteiger partial charge is 0.335 e. The van der Waals surface area contributed by atoms with Gasteiger partial charge in [0.25, 0.3) is 5.91 Å². The van der Waals surface area contributed by atoms with Crippen LogP contribution in [-0.4, -0.2) is 58.1 Å². The summed E-state index contributed by atoms with van der Waals surface area (Å²) in [5, 5.41) is 12.8. The Morgan fingerprint density at radius 1 is 1.07 bits per heavy atom. The summed E-state index contributed by atoms with van der Waals surface area (Å²) < 4.78 is 13.8. The molecule has 3 amide bonds. The van der Waals surface area contributed by atoms with E-state index in [9.17, 15) is 14.0 Å². The van der Waals surface area contributed by atoms with E-state index >= 15 is 0 Å². The maximum absolute atomic E-state index is 13.8. The first-order valence-electron chi connectivity index (χ1n) is 10.5. The maximum atomic E-state index is 13.8. The Balaban J connectivity index is 1.29. The first kappa shape index (κ1) is 20.7. The van der Waals surface area contributed by atoms with E-state index in [0.717, 1.165) is 17.8 Å². The van der Waals surface area contributed by atoms with Gasteiger partial charge in [0.2, 0.25) is 5.13 Å². The predicted octanol–water partition coefficient (Wildman–Crippen LogP) is 4.02. The number of piperazine rings is 1. The van der Waals surface area contributed by atoms with Crippen molar-refractivity contribution in [3.63, 3.8) is 0 Å². The van der Waals surface area contributed by atoms with E-state index < -0.39 is 0 Å². The zero-order chi connectivity index (χ0) is 21.1. The Morgan fingerprint density at radius 2 is 1.77 bits per heavy atom. The number of benzene rings is 1. The normalized spacial score (nSPS) is 17.8. The van der Waals surface area contributed by atoms with Crippen LogP contribution in [0.15, 0.2) is 18.2 Å². The number of urea groups is 1. The van der Waals surface area contributed by atoms with Crippen molar-refractivity contribution in [3.8, 4) is 0 Å². The topological polar surface area (TPSA) is 78.4 Å². The van der Waals surface area contributed by atoms with E-state index in [2.05, 4.69) is 15.5 Å². The van der Waals surface area contributed by atoms with Crippen LogP contribution in [0.2, 0.25) is 0 Å². The number of aryl methyl sites for hydroxylation is 1. The fraction of sp³-hybridized carbons (Fsp3) is 0.524. The van der Waals surface area contributed by atoms with Crippen LogP contribution >= 0.6 is 11.3 Å². The molecule has 1 aromatic heterocycles. The minimum Gasteiger partial charge on any atom is -0.335 e. The molecule has 1 saturated carbocycles. The summed E-state index contributed by atoms with van der Waals surface area (Å²) in [7, 11) is 0. The van der Waals surface area contributed by atoms with Gasteiger partial charge in [-0.3, -0.25) is 10.1 Å². The Hall–Kier alpha value is -2.55. The van der Waals surface area contributed by atoms with E-state index in [0.29, 0.717) is 48.4 Å². The predicted molar refractivity (Wildman–Crippen MR) is 113 cm³/mol. The fourth-order valence-electron chi connectivity index (χ4n) is 3.99. The number of carbonyl (C=O) groups is 2. The van der Waals surface area contributed by atoms with Gasteiger partial charge in [0.15, 0.2) is 0 Å². The lowest BCUT2D eigenvalue weighted by molar-refractivity contribution is 0.0671. The van der Waals surface area contributed by atoms with Crippen molar-refractivity contribution in [3.05, 3.63) is 40.2 Å².